The fraction of sp³-hybridized carbons (Fsp3) is 0.814. The molecule has 55 heavy (non-hydrogen) atoms. The molecule has 0 aliphatic carbocycles. The second-order valence-corrected chi connectivity index (χ2v) is 17.4. The number of amides is 1. The van der Waals surface area contributed by atoms with Crippen molar-refractivity contribution < 1.29 is 44.2 Å². The molecule has 0 bridgehead atoms. The Balaban J connectivity index is 1.80. The third-order valence-electron chi connectivity index (χ3n) is 11.9. The maximum Gasteiger partial charge on any atom is 0.311 e. The minimum Gasteiger partial charge on any atom is -0.459 e. The van der Waals surface area contributed by atoms with Crippen molar-refractivity contribution in [3.63, 3.8) is 0 Å². The summed E-state index contributed by atoms with van der Waals surface area (Å²) < 4.78 is 18.5. The van der Waals surface area contributed by atoms with Crippen LogP contribution in [0, 0.1) is 23.7 Å². The summed E-state index contributed by atoms with van der Waals surface area (Å²) in [5.74, 6) is -2.30. The summed E-state index contributed by atoms with van der Waals surface area (Å²) in [5.41, 5.74) is 2.21. The molecule has 0 saturated carbocycles. The maximum atomic E-state index is 13.4. The molecule has 12 nitrogen and oxygen atoms in total. The smallest absolute Gasteiger partial charge is 0.311 e. The minimum absolute atomic E-state index is 0.0633. The lowest BCUT2D eigenvalue weighted by Crippen LogP contribution is -2.53. The topological polar surface area (TPSA) is 161 Å². The van der Waals surface area contributed by atoms with E-state index in [1.165, 1.54) is 5.56 Å². The Hall–Kier alpha value is -2.16. The Morgan fingerprint density at radius 2 is 1.62 bits per heavy atom. The van der Waals surface area contributed by atoms with E-state index < -0.39 is 66.8 Å². The number of hydrogen-bond donors (Lipinski definition) is 5. The van der Waals surface area contributed by atoms with E-state index in [0.717, 1.165) is 18.4 Å². The summed E-state index contributed by atoms with van der Waals surface area (Å²) in [5, 5.41) is 49.3. The zero-order valence-corrected chi connectivity index (χ0v) is 35.6. The zero-order chi connectivity index (χ0) is 41.1. The van der Waals surface area contributed by atoms with Gasteiger partial charge in [-0.25, -0.2) is 0 Å². The van der Waals surface area contributed by atoms with Gasteiger partial charge < -0.3 is 44.9 Å². The van der Waals surface area contributed by atoms with Crippen molar-refractivity contribution in [2.24, 2.45) is 23.7 Å². The Bertz CT molecular complexity index is 1300. The fourth-order valence-corrected chi connectivity index (χ4v) is 8.18. The maximum absolute atomic E-state index is 13.4. The molecule has 1 aromatic rings. The van der Waals surface area contributed by atoms with Gasteiger partial charge in [-0.2, -0.15) is 0 Å². The van der Waals surface area contributed by atoms with Crippen molar-refractivity contribution in [3.8, 4) is 0 Å². The van der Waals surface area contributed by atoms with Crippen LogP contribution in [-0.2, 0) is 30.2 Å². The van der Waals surface area contributed by atoms with Crippen LogP contribution >= 0.6 is 0 Å². The first-order chi connectivity index (χ1) is 25.8. The van der Waals surface area contributed by atoms with Crippen molar-refractivity contribution >= 4 is 11.9 Å². The lowest BCUT2D eigenvalue weighted by molar-refractivity contribution is -0.251. The van der Waals surface area contributed by atoms with E-state index in [1.54, 1.807) is 20.8 Å². The van der Waals surface area contributed by atoms with Gasteiger partial charge in [-0.15, -0.1) is 0 Å². The third-order valence-corrected chi connectivity index (χ3v) is 11.9. The van der Waals surface area contributed by atoms with Crippen LogP contribution in [0.15, 0.2) is 24.3 Å². The second kappa shape index (κ2) is 22.1. The molecule has 3 rings (SSSR count). The van der Waals surface area contributed by atoms with Gasteiger partial charge in [0.25, 0.3) is 0 Å². The number of aliphatic hydroxyl groups is 4. The van der Waals surface area contributed by atoms with Crippen LogP contribution in [0.5, 0.6) is 0 Å². The van der Waals surface area contributed by atoms with Crippen molar-refractivity contribution in [3.05, 3.63) is 35.4 Å². The van der Waals surface area contributed by atoms with Gasteiger partial charge in [0.2, 0.25) is 5.91 Å². The van der Waals surface area contributed by atoms with Gasteiger partial charge >= 0.3 is 5.97 Å². The number of hydrogen-bond acceptors (Lipinski definition) is 11. The van der Waals surface area contributed by atoms with E-state index >= 15 is 0 Å². The second-order valence-electron chi connectivity index (χ2n) is 17.4. The number of benzene rings is 1. The van der Waals surface area contributed by atoms with Crippen LogP contribution in [0.2, 0.25) is 0 Å². The molecule has 1 amide bonds. The number of carbonyl (C=O) groups is 2. The minimum atomic E-state index is -1.38. The third kappa shape index (κ3) is 13.7. The Morgan fingerprint density at radius 3 is 2.22 bits per heavy atom. The van der Waals surface area contributed by atoms with Crippen LogP contribution in [0.3, 0.4) is 0 Å². The van der Waals surface area contributed by atoms with E-state index in [0.29, 0.717) is 44.8 Å². The molecule has 12 heteroatoms. The highest BCUT2D eigenvalue weighted by molar-refractivity contribution is 5.83. The van der Waals surface area contributed by atoms with Crippen LogP contribution in [0.1, 0.15) is 111 Å². The molecule has 2 aliphatic heterocycles. The van der Waals surface area contributed by atoms with Gasteiger partial charge in [-0.3, -0.25) is 14.5 Å². The number of nitrogens with zero attached hydrogens (tertiary/aromatic N) is 2. The fourth-order valence-electron chi connectivity index (χ4n) is 8.18. The van der Waals surface area contributed by atoms with Gasteiger partial charge in [-0.1, -0.05) is 58.9 Å². The molecule has 0 unspecified atom stereocenters. The molecule has 316 valence electrons. The number of esters is 1. The van der Waals surface area contributed by atoms with Crippen LogP contribution < -0.4 is 5.32 Å². The predicted molar refractivity (Wildman–Crippen MR) is 214 cm³/mol. The molecule has 0 radical (unpaired) electrons. The van der Waals surface area contributed by atoms with Gasteiger partial charge in [0.1, 0.15) is 12.2 Å². The molecule has 2 heterocycles. The largest absolute Gasteiger partial charge is 0.459 e. The number of cyclic esters (lactones) is 1. The average molecular weight is 778 g/mol. The summed E-state index contributed by atoms with van der Waals surface area (Å²) in [4.78, 5) is 30.8. The summed E-state index contributed by atoms with van der Waals surface area (Å²) in [6, 6.07) is 7.89. The summed E-state index contributed by atoms with van der Waals surface area (Å²) in [7, 11) is 4.04. The highest BCUT2D eigenvalue weighted by atomic mass is 16.7. The molecule has 14 atom stereocenters. The number of rotatable bonds is 12. The predicted octanol–water partition coefficient (Wildman–Crippen LogP) is 4.10. The summed E-state index contributed by atoms with van der Waals surface area (Å²) >= 11 is 0. The van der Waals surface area contributed by atoms with Crippen molar-refractivity contribution in [2.45, 2.75) is 168 Å². The van der Waals surface area contributed by atoms with E-state index in [4.69, 9.17) is 14.2 Å². The van der Waals surface area contributed by atoms with Gasteiger partial charge in [-0.05, 0) is 96.9 Å². The lowest BCUT2D eigenvalue weighted by Gasteiger charge is -2.41. The Labute approximate surface area is 331 Å². The van der Waals surface area contributed by atoms with E-state index in [2.05, 4.69) is 41.1 Å². The highest BCUT2D eigenvalue weighted by Gasteiger charge is 2.42. The number of aliphatic hydroxyl groups excluding tert-OH is 4. The van der Waals surface area contributed by atoms with Crippen molar-refractivity contribution in [1.29, 1.82) is 0 Å². The first kappa shape index (κ1) is 47.2. The standard InChI is InChI=1S/C43H75N3O9/c1-12-36-40(50)39(49)31(9)46(19-13-18-44-42(51)28(6)33-16-14-32(15-17-33)20-25(2)3)24-26(4)21-35(47)41(29(7)38(48)30(8)43(52)54-36)55-37-23-34(45(10)11)22-27(5)53-37/h14-17,25-31,34-41,47-50H,12-13,18-24H2,1-11H3,(H,44,51)/t26-,27-,28-,29+,30-,31-,34+,35-,36-,37+,38+,39-,40-,41-/m1/s1. The lowest BCUT2D eigenvalue weighted by atomic mass is 9.84. The molecular formula is C43H75N3O9. The normalized spacial score (nSPS) is 35.5. The molecular weight excluding hydrogens is 702 g/mol. The SMILES string of the molecule is CC[C@H]1OC(=O)[C@H](C)[C@@H](O)[C@H](C)[C@@H](O[C@H]2C[C@@H](N(C)C)C[C@@H](C)O2)[C@H](O)C[C@@H](C)CN(CCCNC(=O)[C@H](C)c2ccc(CC(C)C)cc2)[C@H](C)[C@@H](O)[C@@H]1O. The van der Waals surface area contributed by atoms with Crippen molar-refractivity contribution in [2.75, 3.05) is 33.7 Å². The number of nitrogens with one attached hydrogen (secondary N) is 1. The molecule has 1 aromatic carbocycles. The average Bonchev–Trinajstić information content (AvgIpc) is 3.14. The first-order valence-corrected chi connectivity index (χ1v) is 20.8. The van der Waals surface area contributed by atoms with E-state index in [1.807, 2.05) is 53.9 Å². The Kier molecular flexibility index (Phi) is 19.0. The van der Waals surface area contributed by atoms with Crippen LogP contribution in [0.4, 0.5) is 0 Å². The van der Waals surface area contributed by atoms with Crippen molar-refractivity contribution in [1.82, 2.24) is 15.1 Å². The quantitative estimate of drug-likeness (QED) is 0.154. The summed E-state index contributed by atoms with van der Waals surface area (Å²) in [6.07, 6.45) is -3.84. The van der Waals surface area contributed by atoms with Gasteiger partial charge in [0.15, 0.2) is 6.29 Å². The van der Waals surface area contributed by atoms with Gasteiger partial charge in [0, 0.05) is 44.1 Å². The van der Waals surface area contributed by atoms with E-state index in [9.17, 15) is 30.0 Å². The zero-order valence-electron chi connectivity index (χ0n) is 35.6. The molecule has 2 fully saturated rings. The molecule has 2 aliphatic rings. The number of carbonyl (C=O) groups excluding carboxylic acids is 2. The monoisotopic (exact) mass is 778 g/mol. The molecule has 2 saturated heterocycles. The molecule has 0 spiro atoms. The Morgan fingerprint density at radius 1 is 0.964 bits per heavy atom. The highest BCUT2D eigenvalue weighted by Crippen LogP contribution is 2.31. The number of ether oxygens (including phenoxy) is 3. The van der Waals surface area contributed by atoms with E-state index in [-0.39, 0.29) is 36.3 Å². The molecule has 0 aromatic heterocycles. The molecule has 5 N–H and O–H groups in total. The summed E-state index contributed by atoms with van der Waals surface area (Å²) in [6.45, 7) is 18.6. The van der Waals surface area contributed by atoms with Gasteiger partial charge in [0.05, 0.1) is 42.4 Å². The van der Waals surface area contributed by atoms with Crippen LogP contribution in [-0.4, -0.2) is 137 Å². The first-order valence-electron chi connectivity index (χ1n) is 20.8. The van der Waals surface area contributed by atoms with Crippen LogP contribution in [0.25, 0.3) is 0 Å².